The maximum Gasteiger partial charge on any atom is 0.221 e. The maximum absolute atomic E-state index is 10.8. The summed E-state index contributed by atoms with van der Waals surface area (Å²) in [7, 11) is 0. The van der Waals surface area contributed by atoms with Crippen molar-refractivity contribution in [3.05, 3.63) is 18.3 Å². The van der Waals surface area contributed by atoms with Crippen LogP contribution in [0.5, 0.6) is 0 Å². The van der Waals surface area contributed by atoms with E-state index in [1.54, 1.807) is 6.20 Å². The number of carbonyl (C=O) groups is 1. The molecule has 4 nitrogen and oxygen atoms in total. The number of nitrogens with zero attached hydrogens (tertiary/aromatic N) is 1. The second-order valence-electron chi connectivity index (χ2n) is 3.39. The molecule has 1 amide bonds. The number of rotatable bonds is 5. The van der Waals surface area contributed by atoms with E-state index in [4.69, 9.17) is 0 Å². The Morgan fingerprint density at radius 2 is 2.27 bits per heavy atom. The number of amides is 1. The number of hydrogen-bond acceptors (Lipinski definition) is 3. The Bertz CT molecular complexity index is 308. The van der Waals surface area contributed by atoms with E-state index in [1.165, 1.54) is 6.92 Å². The summed E-state index contributed by atoms with van der Waals surface area (Å²) in [5.74, 6) is 0.765. The Labute approximate surface area is 90.1 Å². The van der Waals surface area contributed by atoms with Crippen molar-refractivity contribution in [3.8, 4) is 0 Å². The van der Waals surface area contributed by atoms with E-state index in [1.807, 2.05) is 12.1 Å². The lowest BCUT2D eigenvalue weighted by Gasteiger charge is -2.05. The van der Waals surface area contributed by atoms with Gasteiger partial charge < -0.3 is 10.6 Å². The largest absolute Gasteiger partial charge is 0.370 e. The van der Waals surface area contributed by atoms with E-state index < -0.39 is 0 Å². The molecule has 4 heteroatoms. The highest BCUT2D eigenvalue weighted by atomic mass is 16.1. The van der Waals surface area contributed by atoms with Crippen molar-refractivity contribution in [2.75, 3.05) is 17.2 Å². The topological polar surface area (TPSA) is 54.0 Å². The summed E-state index contributed by atoms with van der Waals surface area (Å²) in [6.45, 7) is 4.56. The molecule has 0 aliphatic rings. The number of unbranched alkanes of at least 4 members (excludes halogenated alkanes) is 1. The number of aromatic nitrogens is 1. The van der Waals surface area contributed by atoms with Gasteiger partial charge in [-0.05, 0) is 18.6 Å². The predicted molar refractivity (Wildman–Crippen MR) is 61.9 cm³/mol. The molecule has 0 radical (unpaired) electrons. The molecule has 0 fully saturated rings. The van der Waals surface area contributed by atoms with E-state index in [9.17, 15) is 4.79 Å². The molecule has 15 heavy (non-hydrogen) atoms. The first kappa shape index (κ1) is 11.5. The lowest BCUT2D eigenvalue weighted by Crippen LogP contribution is -2.07. The minimum Gasteiger partial charge on any atom is -0.370 e. The quantitative estimate of drug-likeness (QED) is 0.728. The third-order valence-electron chi connectivity index (χ3n) is 1.92. The van der Waals surface area contributed by atoms with Gasteiger partial charge in [0.25, 0.3) is 0 Å². The zero-order chi connectivity index (χ0) is 11.1. The third-order valence-corrected chi connectivity index (χ3v) is 1.92. The predicted octanol–water partition coefficient (Wildman–Crippen LogP) is 2.25. The van der Waals surface area contributed by atoms with Gasteiger partial charge in [-0.2, -0.15) is 0 Å². The van der Waals surface area contributed by atoms with Crippen LogP contribution in [0.4, 0.5) is 11.5 Å². The van der Waals surface area contributed by atoms with E-state index in [0.717, 1.165) is 30.9 Å². The van der Waals surface area contributed by atoms with Crippen LogP contribution in [0.2, 0.25) is 0 Å². The molecule has 0 saturated heterocycles. The molecule has 0 bridgehead atoms. The van der Waals surface area contributed by atoms with Crippen molar-refractivity contribution in [2.24, 2.45) is 0 Å². The van der Waals surface area contributed by atoms with Gasteiger partial charge in [-0.15, -0.1) is 0 Å². The van der Waals surface area contributed by atoms with Crippen molar-refractivity contribution in [1.29, 1.82) is 0 Å². The van der Waals surface area contributed by atoms with Crippen molar-refractivity contribution in [3.63, 3.8) is 0 Å². The molecule has 1 rings (SSSR count). The molecule has 0 aliphatic heterocycles. The first-order chi connectivity index (χ1) is 7.22. The maximum atomic E-state index is 10.8. The minimum atomic E-state index is -0.0801. The van der Waals surface area contributed by atoms with Gasteiger partial charge in [0.05, 0.1) is 11.9 Å². The van der Waals surface area contributed by atoms with Gasteiger partial charge in [0, 0.05) is 13.5 Å². The average Bonchev–Trinajstić information content (AvgIpc) is 2.20. The molecule has 0 atom stereocenters. The standard InChI is InChI=1S/C11H17N3O/c1-3-4-7-12-11-6-5-10(8-13-11)14-9(2)15/h5-6,8H,3-4,7H2,1-2H3,(H,12,13)(H,14,15). The molecule has 0 unspecified atom stereocenters. The molecule has 0 saturated carbocycles. The number of carbonyl (C=O) groups excluding carboxylic acids is 1. The van der Waals surface area contributed by atoms with Crippen molar-refractivity contribution in [1.82, 2.24) is 4.98 Å². The Balaban J connectivity index is 2.45. The fourth-order valence-electron chi connectivity index (χ4n) is 1.17. The highest BCUT2D eigenvalue weighted by Gasteiger charge is 1.96. The van der Waals surface area contributed by atoms with Crippen molar-refractivity contribution < 1.29 is 4.79 Å². The first-order valence-electron chi connectivity index (χ1n) is 5.20. The summed E-state index contributed by atoms with van der Waals surface area (Å²) in [6, 6.07) is 3.70. The molecule has 82 valence electrons. The Morgan fingerprint density at radius 3 is 2.80 bits per heavy atom. The van der Waals surface area contributed by atoms with Gasteiger partial charge in [0.2, 0.25) is 5.91 Å². The number of anilines is 2. The molecular formula is C11H17N3O. The van der Waals surface area contributed by atoms with Gasteiger partial charge >= 0.3 is 0 Å². The molecule has 0 aliphatic carbocycles. The lowest BCUT2D eigenvalue weighted by molar-refractivity contribution is -0.114. The van der Waals surface area contributed by atoms with Crippen molar-refractivity contribution >= 4 is 17.4 Å². The van der Waals surface area contributed by atoms with E-state index >= 15 is 0 Å². The zero-order valence-electron chi connectivity index (χ0n) is 9.21. The van der Waals surface area contributed by atoms with Crippen LogP contribution in [0.1, 0.15) is 26.7 Å². The summed E-state index contributed by atoms with van der Waals surface area (Å²) in [4.78, 5) is 14.9. The Hall–Kier alpha value is -1.58. The second kappa shape index (κ2) is 6.01. The summed E-state index contributed by atoms with van der Waals surface area (Å²) in [5.41, 5.74) is 0.726. The monoisotopic (exact) mass is 207 g/mol. The van der Waals surface area contributed by atoms with E-state index in [0.29, 0.717) is 0 Å². The molecule has 0 spiro atoms. The molecular weight excluding hydrogens is 190 g/mol. The highest BCUT2D eigenvalue weighted by molar-refractivity contribution is 5.88. The van der Waals surface area contributed by atoms with Crippen LogP contribution in [0.15, 0.2) is 18.3 Å². The van der Waals surface area contributed by atoms with E-state index in [2.05, 4.69) is 22.5 Å². The van der Waals surface area contributed by atoms with Crippen LogP contribution >= 0.6 is 0 Å². The third kappa shape index (κ3) is 4.44. The van der Waals surface area contributed by atoms with Gasteiger partial charge in [-0.25, -0.2) is 4.98 Å². The molecule has 1 aromatic heterocycles. The van der Waals surface area contributed by atoms with E-state index in [-0.39, 0.29) is 5.91 Å². The van der Waals surface area contributed by atoms with Crippen molar-refractivity contribution in [2.45, 2.75) is 26.7 Å². The van der Waals surface area contributed by atoms with Crippen LogP contribution in [-0.4, -0.2) is 17.4 Å². The average molecular weight is 207 g/mol. The lowest BCUT2D eigenvalue weighted by atomic mass is 10.3. The molecule has 1 aromatic rings. The minimum absolute atomic E-state index is 0.0801. The highest BCUT2D eigenvalue weighted by Crippen LogP contribution is 2.09. The van der Waals surface area contributed by atoms with Crippen LogP contribution in [0.3, 0.4) is 0 Å². The van der Waals surface area contributed by atoms with Gasteiger partial charge in [0.15, 0.2) is 0 Å². The number of hydrogen-bond donors (Lipinski definition) is 2. The first-order valence-corrected chi connectivity index (χ1v) is 5.20. The van der Waals surface area contributed by atoms with Crippen LogP contribution in [-0.2, 0) is 4.79 Å². The SMILES string of the molecule is CCCCNc1ccc(NC(C)=O)cn1. The zero-order valence-corrected chi connectivity index (χ0v) is 9.21. The van der Waals surface area contributed by atoms with Gasteiger partial charge in [-0.1, -0.05) is 13.3 Å². The van der Waals surface area contributed by atoms with Crippen LogP contribution < -0.4 is 10.6 Å². The number of pyridine rings is 1. The smallest absolute Gasteiger partial charge is 0.221 e. The Kier molecular flexibility index (Phi) is 4.60. The molecule has 2 N–H and O–H groups in total. The number of nitrogens with one attached hydrogen (secondary N) is 2. The van der Waals surface area contributed by atoms with Gasteiger partial charge in [-0.3, -0.25) is 4.79 Å². The normalized spacial score (nSPS) is 9.73. The summed E-state index contributed by atoms with van der Waals surface area (Å²) in [5, 5.41) is 5.87. The Morgan fingerprint density at radius 1 is 1.47 bits per heavy atom. The second-order valence-corrected chi connectivity index (χ2v) is 3.39. The molecule has 0 aromatic carbocycles. The van der Waals surface area contributed by atoms with Crippen LogP contribution in [0.25, 0.3) is 0 Å². The molecule has 1 heterocycles. The summed E-state index contributed by atoms with van der Waals surface area (Å²) < 4.78 is 0. The summed E-state index contributed by atoms with van der Waals surface area (Å²) in [6.07, 6.45) is 3.95. The fraction of sp³-hybridized carbons (Fsp3) is 0.455. The van der Waals surface area contributed by atoms with Crippen LogP contribution in [0, 0.1) is 0 Å². The fourth-order valence-corrected chi connectivity index (χ4v) is 1.17. The summed E-state index contributed by atoms with van der Waals surface area (Å²) >= 11 is 0. The van der Waals surface area contributed by atoms with Gasteiger partial charge in [0.1, 0.15) is 5.82 Å².